The summed E-state index contributed by atoms with van der Waals surface area (Å²) < 4.78 is 11.3. The summed E-state index contributed by atoms with van der Waals surface area (Å²) >= 11 is 0. The van der Waals surface area contributed by atoms with Gasteiger partial charge >= 0.3 is 5.97 Å². The van der Waals surface area contributed by atoms with Gasteiger partial charge in [-0.2, -0.15) is 0 Å². The van der Waals surface area contributed by atoms with Gasteiger partial charge in [0.05, 0.1) is 6.10 Å². The van der Waals surface area contributed by atoms with Crippen molar-refractivity contribution in [2.45, 2.75) is 53.1 Å². The van der Waals surface area contributed by atoms with Crippen LogP contribution in [0.15, 0.2) is 10.5 Å². The minimum atomic E-state index is -1.08. The molecule has 1 fully saturated rings. The van der Waals surface area contributed by atoms with Crippen LogP contribution in [0.4, 0.5) is 0 Å². The molecule has 1 amide bonds. The lowest BCUT2D eigenvalue weighted by molar-refractivity contribution is -0.0839. The van der Waals surface area contributed by atoms with Crippen molar-refractivity contribution in [1.29, 1.82) is 0 Å². The summed E-state index contributed by atoms with van der Waals surface area (Å²) in [6.07, 6.45) is 2.50. The van der Waals surface area contributed by atoms with Crippen molar-refractivity contribution in [3.05, 3.63) is 23.2 Å². The van der Waals surface area contributed by atoms with Crippen LogP contribution in [0, 0.1) is 11.3 Å². The molecule has 2 heterocycles. The summed E-state index contributed by atoms with van der Waals surface area (Å²) in [5, 5.41) is 12.0. The van der Waals surface area contributed by atoms with Crippen LogP contribution < -0.4 is 5.32 Å². The van der Waals surface area contributed by atoms with Gasteiger partial charge in [0.1, 0.15) is 11.3 Å². The standard InChI is InChI=1S/C18H27NO5/c1-5-13-12(17(21)22)9-14(24-13)16(20)19-10-11-7-6-8-23-15(11)18(2,3)4/h9,11,15H,5-8,10H2,1-4H3,(H,19,20)(H,21,22). The van der Waals surface area contributed by atoms with Gasteiger partial charge in [0.15, 0.2) is 5.76 Å². The number of rotatable bonds is 5. The third kappa shape index (κ3) is 4.17. The Kier molecular flexibility index (Phi) is 5.70. The molecule has 6 nitrogen and oxygen atoms in total. The largest absolute Gasteiger partial charge is 0.478 e. The first-order valence-corrected chi connectivity index (χ1v) is 8.49. The monoisotopic (exact) mass is 337 g/mol. The van der Waals surface area contributed by atoms with Crippen LogP contribution >= 0.6 is 0 Å². The van der Waals surface area contributed by atoms with E-state index in [0.29, 0.717) is 18.7 Å². The number of nitrogens with one attached hydrogen (secondary N) is 1. The molecule has 2 atom stereocenters. The number of furan rings is 1. The van der Waals surface area contributed by atoms with E-state index in [-0.39, 0.29) is 34.7 Å². The van der Waals surface area contributed by atoms with Crippen molar-refractivity contribution in [2.24, 2.45) is 11.3 Å². The van der Waals surface area contributed by atoms with Gasteiger partial charge < -0.3 is 19.6 Å². The molecule has 0 bridgehead atoms. The fourth-order valence-electron chi connectivity index (χ4n) is 3.30. The van der Waals surface area contributed by atoms with Gasteiger partial charge in [0, 0.05) is 31.6 Å². The molecule has 1 aliphatic heterocycles. The quantitative estimate of drug-likeness (QED) is 0.862. The molecule has 1 aromatic rings. The maximum absolute atomic E-state index is 12.3. The first kappa shape index (κ1) is 18.5. The van der Waals surface area contributed by atoms with E-state index in [4.69, 9.17) is 14.3 Å². The summed E-state index contributed by atoms with van der Waals surface area (Å²) in [4.78, 5) is 23.5. The van der Waals surface area contributed by atoms with Crippen LogP contribution in [0.2, 0.25) is 0 Å². The average molecular weight is 337 g/mol. The van der Waals surface area contributed by atoms with Crippen molar-refractivity contribution < 1.29 is 23.8 Å². The number of carbonyl (C=O) groups is 2. The summed E-state index contributed by atoms with van der Waals surface area (Å²) in [6, 6.07) is 1.30. The second kappa shape index (κ2) is 7.38. The van der Waals surface area contributed by atoms with E-state index in [1.165, 1.54) is 6.07 Å². The van der Waals surface area contributed by atoms with Gasteiger partial charge in [-0.05, 0) is 18.3 Å². The summed E-state index contributed by atoms with van der Waals surface area (Å²) in [5.41, 5.74) is 0.0584. The van der Waals surface area contributed by atoms with Crippen LogP contribution in [0.3, 0.4) is 0 Å². The molecule has 6 heteroatoms. The van der Waals surface area contributed by atoms with E-state index >= 15 is 0 Å². The van der Waals surface area contributed by atoms with E-state index in [2.05, 4.69) is 26.1 Å². The number of carboxylic acid groups (broad SMARTS) is 1. The minimum Gasteiger partial charge on any atom is -0.478 e. The van der Waals surface area contributed by atoms with Crippen LogP contribution in [0.1, 0.15) is 67.2 Å². The maximum Gasteiger partial charge on any atom is 0.339 e. The molecule has 2 rings (SSSR count). The van der Waals surface area contributed by atoms with Crippen LogP contribution in [0.5, 0.6) is 0 Å². The minimum absolute atomic E-state index is 0.00630. The Bertz CT molecular complexity index is 599. The highest BCUT2D eigenvalue weighted by Gasteiger charge is 2.35. The van der Waals surface area contributed by atoms with E-state index in [1.54, 1.807) is 6.92 Å². The molecule has 0 aromatic carbocycles. The molecule has 1 aliphatic rings. The van der Waals surface area contributed by atoms with Gasteiger partial charge in [0.25, 0.3) is 5.91 Å². The van der Waals surface area contributed by atoms with Crippen molar-refractivity contribution in [3.8, 4) is 0 Å². The molecular weight excluding hydrogens is 310 g/mol. The number of carboxylic acids is 1. The lowest BCUT2D eigenvalue weighted by Crippen LogP contribution is -2.45. The van der Waals surface area contributed by atoms with Crippen LogP contribution in [0.25, 0.3) is 0 Å². The van der Waals surface area contributed by atoms with Crippen molar-refractivity contribution >= 4 is 11.9 Å². The number of hydrogen-bond donors (Lipinski definition) is 2. The Morgan fingerprint density at radius 1 is 1.38 bits per heavy atom. The SMILES string of the molecule is CCc1oc(C(=O)NCC2CCCOC2C(C)(C)C)cc1C(=O)O. The van der Waals surface area contributed by atoms with Gasteiger partial charge in [-0.1, -0.05) is 27.7 Å². The first-order chi connectivity index (χ1) is 11.2. The number of carbonyl (C=O) groups excluding carboxylic acids is 1. The van der Waals surface area contributed by atoms with Gasteiger partial charge in [-0.3, -0.25) is 4.79 Å². The Hall–Kier alpha value is -1.82. The van der Waals surface area contributed by atoms with E-state index in [0.717, 1.165) is 19.4 Å². The predicted octanol–water partition coefficient (Wildman–Crippen LogP) is 3.11. The number of hydrogen-bond acceptors (Lipinski definition) is 4. The van der Waals surface area contributed by atoms with Crippen molar-refractivity contribution in [1.82, 2.24) is 5.32 Å². The Morgan fingerprint density at radius 3 is 2.62 bits per heavy atom. The second-order valence-corrected chi connectivity index (χ2v) is 7.38. The molecule has 1 saturated heterocycles. The van der Waals surface area contributed by atoms with Crippen molar-refractivity contribution in [3.63, 3.8) is 0 Å². The van der Waals surface area contributed by atoms with Gasteiger partial charge in [-0.25, -0.2) is 4.79 Å². The molecule has 0 radical (unpaired) electrons. The number of aryl methyl sites for hydroxylation is 1. The molecular formula is C18H27NO5. The molecule has 0 spiro atoms. The maximum atomic E-state index is 12.3. The zero-order chi connectivity index (χ0) is 17.9. The first-order valence-electron chi connectivity index (χ1n) is 8.49. The van der Waals surface area contributed by atoms with Crippen molar-refractivity contribution in [2.75, 3.05) is 13.2 Å². The average Bonchev–Trinajstić information content (AvgIpc) is 2.96. The highest BCUT2D eigenvalue weighted by molar-refractivity contribution is 5.96. The summed E-state index contributed by atoms with van der Waals surface area (Å²) in [7, 11) is 0. The lowest BCUT2D eigenvalue weighted by atomic mass is 9.78. The molecule has 2 N–H and O–H groups in total. The number of ether oxygens (including phenoxy) is 1. The fourth-order valence-corrected chi connectivity index (χ4v) is 3.30. The number of amides is 1. The van der Waals surface area contributed by atoms with E-state index in [1.807, 2.05) is 0 Å². The molecule has 0 saturated carbocycles. The molecule has 2 unspecified atom stereocenters. The lowest BCUT2D eigenvalue weighted by Gasteiger charge is -2.40. The highest BCUT2D eigenvalue weighted by atomic mass is 16.5. The Balaban J connectivity index is 2.03. The third-order valence-electron chi connectivity index (χ3n) is 4.41. The van der Waals surface area contributed by atoms with Crippen LogP contribution in [-0.4, -0.2) is 36.2 Å². The smallest absolute Gasteiger partial charge is 0.339 e. The number of aromatic carboxylic acids is 1. The Labute approximate surface area is 142 Å². The van der Waals surface area contributed by atoms with Crippen LogP contribution in [-0.2, 0) is 11.2 Å². The molecule has 134 valence electrons. The predicted molar refractivity (Wildman–Crippen MR) is 89.3 cm³/mol. The fraction of sp³-hybridized carbons (Fsp3) is 0.667. The second-order valence-electron chi connectivity index (χ2n) is 7.38. The highest BCUT2D eigenvalue weighted by Crippen LogP contribution is 2.33. The molecule has 0 aliphatic carbocycles. The zero-order valence-corrected chi connectivity index (χ0v) is 14.8. The topological polar surface area (TPSA) is 88.8 Å². The van der Waals surface area contributed by atoms with E-state index < -0.39 is 5.97 Å². The normalized spacial score (nSPS) is 21.5. The third-order valence-corrected chi connectivity index (χ3v) is 4.41. The molecule has 24 heavy (non-hydrogen) atoms. The Morgan fingerprint density at radius 2 is 2.08 bits per heavy atom. The van der Waals surface area contributed by atoms with Gasteiger partial charge in [-0.15, -0.1) is 0 Å². The summed E-state index contributed by atoms with van der Waals surface area (Å²) in [5.74, 6) is -0.852. The van der Waals surface area contributed by atoms with Gasteiger partial charge in [0.2, 0.25) is 0 Å². The summed E-state index contributed by atoms with van der Waals surface area (Å²) in [6.45, 7) is 9.45. The van der Waals surface area contributed by atoms with E-state index in [9.17, 15) is 9.59 Å². The zero-order valence-electron chi connectivity index (χ0n) is 14.8. The molecule has 1 aromatic heterocycles.